The van der Waals surface area contributed by atoms with E-state index in [2.05, 4.69) is 19.1 Å². The molecule has 0 aliphatic rings. The van der Waals surface area contributed by atoms with Crippen molar-refractivity contribution in [1.82, 2.24) is 4.90 Å². The highest BCUT2D eigenvalue weighted by Gasteiger charge is 1.96. The first kappa shape index (κ1) is 18.6. The molecule has 0 atom stereocenters. The van der Waals surface area contributed by atoms with E-state index in [4.69, 9.17) is 25.3 Å². The van der Waals surface area contributed by atoms with Crippen LogP contribution in [0.15, 0.2) is 30.5 Å². The fourth-order valence-electron chi connectivity index (χ4n) is 1.39. The van der Waals surface area contributed by atoms with Crippen LogP contribution in [0.3, 0.4) is 0 Å². The van der Waals surface area contributed by atoms with E-state index in [-0.39, 0.29) is 13.2 Å². The molecule has 0 amide bonds. The normalized spacial score (nSPS) is 10.1. The predicted molar refractivity (Wildman–Crippen MR) is 78.4 cm³/mol. The lowest BCUT2D eigenvalue weighted by molar-refractivity contribution is 0.199. The number of aryl methyl sites for hydroxylation is 1. The first-order valence-corrected chi connectivity index (χ1v) is 6.24. The van der Waals surface area contributed by atoms with Gasteiger partial charge in [0.2, 0.25) is 0 Å². The topological polar surface area (TPSA) is 104 Å². The SMILES string of the molecule is Cc1ccc(C=CN(CCO)CCO)cc1.OB(O)O. The van der Waals surface area contributed by atoms with Crippen LogP contribution in [0.5, 0.6) is 0 Å². The summed E-state index contributed by atoms with van der Waals surface area (Å²) >= 11 is 0. The van der Waals surface area contributed by atoms with E-state index in [1.54, 1.807) is 0 Å². The molecule has 0 saturated carbocycles. The maximum absolute atomic E-state index is 8.84. The molecular formula is C13H22BNO5. The molecule has 0 saturated heterocycles. The van der Waals surface area contributed by atoms with E-state index >= 15 is 0 Å². The highest BCUT2D eigenvalue weighted by atomic mass is 16.5. The Morgan fingerprint density at radius 3 is 1.85 bits per heavy atom. The molecule has 0 radical (unpaired) electrons. The molecule has 0 aliphatic heterocycles. The van der Waals surface area contributed by atoms with Gasteiger partial charge in [0.25, 0.3) is 0 Å². The Labute approximate surface area is 119 Å². The zero-order chi connectivity index (χ0) is 15.4. The van der Waals surface area contributed by atoms with Crippen LogP contribution >= 0.6 is 0 Å². The molecule has 0 fully saturated rings. The molecule has 0 unspecified atom stereocenters. The molecule has 1 rings (SSSR count). The quantitative estimate of drug-likeness (QED) is 0.438. The highest BCUT2D eigenvalue weighted by molar-refractivity contribution is 6.30. The van der Waals surface area contributed by atoms with Gasteiger partial charge in [0.05, 0.1) is 13.2 Å². The molecule has 0 bridgehead atoms. The van der Waals surface area contributed by atoms with E-state index in [0.29, 0.717) is 13.1 Å². The van der Waals surface area contributed by atoms with Crippen molar-refractivity contribution in [2.75, 3.05) is 26.3 Å². The number of aliphatic hydroxyl groups excluding tert-OH is 2. The molecule has 7 heteroatoms. The van der Waals surface area contributed by atoms with Crippen LogP contribution in [0.25, 0.3) is 6.08 Å². The summed E-state index contributed by atoms with van der Waals surface area (Å²) in [5, 5.41) is 39.2. The van der Waals surface area contributed by atoms with Gasteiger partial charge in [0, 0.05) is 13.1 Å². The minimum Gasteiger partial charge on any atom is -0.402 e. The average Bonchev–Trinajstić information content (AvgIpc) is 2.38. The fraction of sp³-hybridized carbons (Fsp3) is 0.385. The second-order valence-corrected chi connectivity index (χ2v) is 4.06. The van der Waals surface area contributed by atoms with Crippen molar-refractivity contribution in [3.63, 3.8) is 0 Å². The summed E-state index contributed by atoms with van der Waals surface area (Å²) in [7, 11) is -2.17. The van der Waals surface area contributed by atoms with E-state index in [1.165, 1.54) is 5.56 Å². The lowest BCUT2D eigenvalue weighted by Gasteiger charge is -2.17. The van der Waals surface area contributed by atoms with Crippen molar-refractivity contribution in [3.8, 4) is 0 Å². The Morgan fingerprint density at radius 1 is 1.00 bits per heavy atom. The van der Waals surface area contributed by atoms with Gasteiger partial charge in [-0.05, 0) is 24.8 Å². The van der Waals surface area contributed by atoms with Gasteiger partial charge in [-0.15, -0.1) is 0 Å². The molecule has 0 aliphatic carbocycles. The number of hydrogen-bond donors (Lipinski definition) is 5. The lowest BCUT2D eigenvalue weighted by Crippen LogP contribution is -2.24. The summed E-state index contributed by atoms with van der Waals surface area (Å²) < 4.78 is 0. The maximum Gasteiger partial charge on any atom is 0.631 e. The van der Waals surface area contributed by atoms with Crippen LogP contribution in [-0.4, -0.2) is 63.8 Å². The molecule has 112 valence electrons. The van der Waals surface area contributed by atoms with Gasteiger partial charge in [0.15, 0.2) is 0 Å². The van der Waals surface area contributed by atoms with Crippen LogP contribution in [0, 0.1) is 6.92 Å². The van der Waals surface area contributed by atoms with Crippen molar-refractivity contribution >= 4 is 13.4 Å². The van der Waals surface area contributed by atoms with Crippen LogP contribution in [-0.2, 0) is 0 Å². The van der Waals surface area contributed by atoms with Gasteiger partial charge < -0.3 is 30.2 Å². The molecule has 1 aromatic carbocycles. The van der Waals surface area contributed by atoms with Gasteiger partial charge in [-0.2, -0.15) is 0 Å². The van der Waals surface area contributed by atoms with Crippen molar-refractivity contribution in [2.45, 2.75) is 6.92 Å². The van der Waals surface area contributed by atoms with Gasteiger partial charge in [-0.1, -0.05) is 29.8 Å². The first-order chi connectivity index (χ1) is 9.49. The summed E-state index contributed by atoms with van der Waals surface area (Å²) in [6.07, 6.45) is 3.88. The molecule has 0 heterocycles. The number of benzene rings is 1. The summed E-state index contributed by atoms with van der Waals surface area (Å²) in [5.74, 6) is 0. The van der Waals surface area contributed by atoms with Crippen LogP contribution in [0.4, 0.5) is 0 Å². The molecule has 6 nitrogen and oxygen atoms in total. The summed E-state index contributed by atoms with van der Waals surface area (Å²) in [5.41, 5.74) is 2.35. The molecule has 1 aromatic rings. The van der Waals surface area contributed by atoms with Crippen molar-refractivity contribution < 1.29 is 25.3 Å². The zero-order valence-electron chi connectivity index (χ0n) is 11.6. The predicted octanol–water partition coefficient (Wildman–Crippen LogP) is -0.799. The smallest absolute Gasteiger partial charge is 0.402 e. The van der Waals surface area contributed by atoms with Gasteiger partial charge in [0.1, 0.15) is 0 Å². The van der Waals surface area contributed by atoms with E-state index < -0.39 is 7.32 Å². The molecule has 0 spiro atoms. The monoisotopic (exact) mass is 283 g/mol. The Balaban J connectivity index is 0.000000796. The zero-order valence-corrected chi connectivity index (χ0v) is 11.6. The number of hydrogen-bond acceptors (Lipinski definition) is 6. The third-order valence-corrected chi connectivity index (χ3v) is 2.33. The summed E-state index contributed by atoms with van der Waals surface area (Å²) in [6, 6.07) is 8.20. The summed E-state index contributed by atoms with van der Waals surface area (Å²) in [6.45, 7) is 3.33. The number of rotatable bonds is 6. The third-order valence-electron chi connectivity index (χ3n) is 2.33. The minimum atomic E-state index is -2.17. The van der Waals surface area contributed by atoms with Crippen LogP contribution < -0.4 is 0 Å². The molecular weight excluding hydrogens is 261 g/mol. The minimum absolute atomic E-state index is 0.0955. The van der Waals surface area contributed by atoms with E-state index in [9.17, 15) is 0 Å². The van der Waals surface area contributed by atoms with Crippen molar-refractivity contribution in [3.05, 3.63) is 41.6 Å². The largest absolute Gasteiger partial charge is 0.631 e. The third kappa shape index (κ3) is 10.5. The maximum atomic E-state index is 8.84. The van der Waals surface area contributed by atoms with Crippen LogP contribution in [0.2, 0.25) is 0 Å². The lowest BCUT2D eigenvalue weighted by atomic mass is 10.1. The number of aliphatic hydroxyl groups is 2. The standard InChI is InChI=1S/C13H19NO2.BH3O3/c1-12-2-4-13(5-3-12)6-7-14(8-10-15)9-11-16;2-1(3)4/h2-7,15-16H,8-11H2,1H3;2-4H. The molecule has 0 aromatic heterocycles. The molecule has 20 heavy (non-hydrogen) atoms. The van der Waals surface area contributed by atoms with Gasteiger partial charge in [-0.3, -0.25) is 0 Å². The Bertz CT molecular complexity index is 361. The second kappa shape index (κ2) is 11.5. The second-order valence-electron chi connectivity index (χ2n) is 4.06. The Kier molecular flexibility index (Phi) is 10.7. The fourth-order valence-corrected chi connectivity index (χ4v) is 1.39. The first-order valence-electron chi connectivity index (χ1n) is 6.24. The van der Waals surface area contributed by atoms with Crippen molar-refractivity contribution in [1.29, 1.82) is 0 Å². The number of nitrogens with zero attached hydrogens (tertiary/aromatic N) is 1. The van der Waals surface area contributed by atoms with Gasteiger partial charge in [-0.25, -0.2) is 0 Å². The van der Waals surface area contributed by atoms with E-state index in [0.717, 1.165) is 5.56 Å². The van der Waals surface area contributed by atoms with Gasteiger partial charge >= 0.3 is 7.32 Å². The van der Waals surface area contributed by atoms with E-state index in [1.807, 2.05) is 29.3 Å². The highest BCUT2D eigenvalue weighted by Crippen LogP contribution is 2.05. The van der Waals surface area contributed by atoms with Crippen molar-refractivity contribution in [2.24, 2.45) is 0 Å². The Morgan fingerprint density at radius 2 is 1.45 bits per heavy atom. The summed E-state index contributed by atoms with van der Waals surface area (Å²) in [4.78, 5) is 1.89. The van der Waals surface area contributed by atoms with Crippen LogP contribution in [0.1, 0.15) is 11.1 Å². The molecule has 5 N–H and O–H groups in total. The Hall–Kier alpha value is -1.38. The average molecular weight is 283 g/mol.